The molecule has 6 heteroatoms. The van der Waals surface area contributed by atoms with Gasteiger partial charge in [-0.25, -0.2) is 4.79 Å². The van der Waals surface area contributed by atoms with Crippen LogP contribution < -0.4 is 11.1 Å². The number of nitrogens with two attached hydrogens (primary N) is 1. The first-order valence-corrected chi connectivity index (χ1v) is 10.5. The minimum absolute atomic E-state index is 0.0953. The van der Waals surface area contributed by atoms with Gasteiger partial charge in [-0.3, -0.25) is 4.79 Å². The van der Waals surface area contributed by atoms with Crippen LogP contribution in [0.4, 0.5) is 4.79 Å². The zero-order valence-electron chi connectivity index (χ0n) is 17.7. The summed E-state index contributed by atoms with van der Waals surface area (Å²) < 4.78 is 5.96. The first kappa shape index (κ1) is 21.2. The molecule has 0 bridgehead atoms. The molecule has 3 N–H and O–H groups in total. The number of hydrogen-bond donors (Lipinski definition) is 2. The lowest BCUT2D eigenvalue weighted by atomic mass is 9.99. The highest BCUT2D eigenvalue weighted by atomic mass is 16.3. The molecular weight excluding hydrogens is 402 g/mol. The Bertz CT molecular complexity index is 1180. The minimum atomic E-state index is -0.643. The number of fused-ring (bicyclic) bond motifs is 1. The number of amides is 3. The van der Waals surface area contributed by atoms with Crippen molar-refractivity contribution in [3.05, 3.63) is 96.3 Å². The van der Waals surface area contributed by atoms with Crippen molar-refractivity contribution < 1.29 is 14.0 Å². The summed E-state index contributed by atoms with van der Waals surface area (Å²) in [5.41, 5.74) is 9.13. The number of urea groups is 1. The third kappa shape index (κ3) is 5.16. The summed E-state index contributed by atoms with van der Waals surface area (Å²) in [4.78, 5) is 25.8. The summed E-state index contributed by atoms with van der Waals surface area (Å²) in [6.07, 6.45) is 0.149. The van der Waals surface area contributed by atoms with E-state index in [0.29, 0.717) is 18.8 Å². The second-order valence-electron chi connectivity index (χ2n) is 7.56. The second-order valence-corrected chi connectivity index (χ2v) is 7.56. The molecule has 0 atom stereocenters. The summed E-state index contributed by atoms with van der Waals surface area (Å²) in [7, 11) is 0. The van der Waals surface area contributed by atoms with Gasteiger partial charge in [-0.2, -0.15) is 0 Å². The number of para-hydroxylation sites is 1. The molecule has 0 unspecified atom stereocenters. The van der Waals surface area contributed by atoms with Crippen LogP contribution in [-0.4, -0.2) is 23.4 Å². The van der Waals surface area contributed by atoms with Gasteiger partial charge in [0.25, 0.3) is 0 Å². The van der Waals surface area contributed by atoms with Gasteiger partial charge in [0.05, 0.1) is 6.54 Å². The number of nitrogens with zero attached hydrogens (tertiary/aromatic N) is 1. The molecule has 0 aliphatic carbocycles. The van der Waals surface area contributed by atoms with E-state index in [4.69, 9.17) is 10.2 Å². The van der Waals surface area contributed by atoms with Crippen LogP contribution in [0.3, 0.4) is 0 Å². The van der Waals surface area contributed by atoms with Gasteiger partial charge < -0.3 is 20.4 Å². The van der Waals surface area contributed by atoms with Gasteiger partial charge in [0.15, 0.2) is 0 Å². The van der Waals surface area contributed by atoms with Crippen molar-refractivity contribution in [2.75, 3.05) is 6.54 Å². The van der Waals surface area contributed by atoms with E-state index < -0.39 is 6.03 Å². The summed E-state index contributed by atoms with van der Waals surface area (Å²) in [5.74, 6) is 0.613. The Hall–Kier alpha value is -4.06. The smallest absolute Gasteiger partial charge is 0.312 e. The molecule has 162 valence electrons. The average molecular weight is 428 g/mol. The van der Waals surface area contributed by atoms with Crippen molar-refractivity contribution in [1.82, 2.24) is 10.2 Å². The van der Waals surface area contributed by atoms with Crippen LogP contribution in [-0.2, 0) is 17.9 Å². The minimum Gasteiger partial charge on any atom is -0.459 e. The SMILES string of the molecule is NC(=O)NCCC(=O)N(Cc1cc2ccccc2o1)Cc1ccccc1-c1ccccc1. The van der Waals surface area contributed by atoms with Crippen molar-refractivity contribution in [3.8, 4) is 11.1 Å². The van der Waals surface area contributed by atoms with Gasteiger partial charge in [0.1, 0.15) is 11.3 Å². The Morgan fingerprint density at radius 3 is 2.38 bits per heavy atom. The molecule has 1 aromatic heterocycles. The molecule has 0 aliphatic rings. The summed E-state index contributed by atoms with van der Waals surface area (Å²) >= 11 is 0. The van der Waals surface area contributed by atoms with Crippen molar-refractivity contribution in [2.45, 2.75) is 19.5 Å². The molecule has 1 heterocycles. The van der Waals surface area contributed by atoms with Gasteiger partial charge in [0.2, 0.25) is 5.91 Å². The van der Waals surface area contributed by atoms with Gasteiger partial charge >= 0.3 is 6.03 Å². The molecule has 32 heavy (non-hydrogen) atoms. The predicted octanol–water partition coefficient (Wildman–Crippen LogP) is 4.69. The lowest BCUT2D eigenvalue weighted by Crippen LogP contribution is -2.35. The average Bonchev–Trinajstić information content (AvgIpc) is 3.22. The molecular formula is C26H25N3O3. The van der Waals surface area contributed by atoms with E-state index in [1.54, 1.807) is 4.90 Å². The maximum atomic E-state index is 13.1. The van der Waals surface area contributed by atoms with E-state index in [1.807, 2.05) is 66.7 Å². The summed E-state index contributed by atoms with van der Waals surface area (Å²) in [6.45, 7) is 0.926. The molecule has 3 aromatic carbocycles. The van der Waals surface area contributed by atoms with Crippen LogP contribution >= 0.6 is 0 Å². The second kappa shape index (κ2) is 9.83. The molecule has 6 nitrogen and oxygen atoms in total. The van der Waals surface area contributed by atoms with Gasteiger partial charge in [0, 0.05) is 24.9 Å². The standard InChI is InChI=1S/C26H25N3O3/c27-26(31)28-15-14-25(30)29(18-22-16-20-10-5-7-13-24(20)32-22)17-21-11-4-6-12-23(21)19-8-2-1-3-9-19/h1-13,16H,14-15,17-18H2,(H3,27,28,31). The number of nitrogens with one attached hydrogen (secondary N) is 1. The highest BCUT2D eigenvalue weighted by molar-refractivity contribution is 5.80. The highest BCUT2D eigenvalue weighted by Gasteiger charge is 2.18. The molecule has 4 aromatic rings. The summed E-state index contributed by atoms with van der Waals surface area (Å²) in [6, 6.07) is 27.2. The molecule has 4 rings (SSSR count). The zero-order valence-corrected chi connectivity index (χ0v) is 17.7. The van der Waals surface area contributed by atoms with E-state index >= 15 is 0 Å². The number of rotatable bonds is 8. The number of furan rings is 1. The van der Waals surface area contributed by atoms with Crippen LogP contribution in [0.5, 0.6) is 0 Å². The number of hydrogen-bond acceptors (Lipinski definition) is 3. The fourth-order valence-corrected chi connectivity index (χ4v) is 3.75. The van der Waals surface area contributed by atoms with Crippen molar-refractivity contribution in [1.29, 1.82) is 0 Å². The van der Waals surface area contributed by atoms with Crippen molar-refractivity contribution in [2.24, 2.45) is 5.73 Å². The Labute approximate surface area is 186 Å². The summed E-state index contributed by atoms with van der Waals surface area (Å²) in [5, 5.41) is 3.48. The van der Waals surface area contributed by atoms with E-state index in [9.17, 15) is 9.59 Å². The zero-order chi connectivity index (χ0) is 22.3. The van der Waals surface area contributed by atoms with Crippen LogP contribution in [0.2, 0.25) is 0 Å². The fourth-order valence-electron chi connectivity index (χ4n) is 3.75. The molecule has 0 aliphatic heterocycles. The maximum absolute atomic E-state index is 13.1. The molecule has 0 saturated heterocycles. The normalized spacial score (nSPS) is 10.8. The monoisotopic (exact) mass is 427 g/mol. The lowest BCUT2D eigenvalue weighted by molar-refractivity contribution is -0.132. The van der Waals surface area contributed by atoms with Gasteiger partial charge in [-0.05, 0) is 28.8 Å². The molecule has 0 spiro atoms. The van der Waals surface area contributed by atoms with E-state index in [1.165, 1.54) is 0 Å². The van der Waals surface area contributed by atoms with Crippen molar-refractivity contribution in [3.63, 3.8) is 0 Å². The van der Waals surface area contributed by atoms with Crippen LogP contribution in [0.1, 0.15) is 17.7 Å². The largest absolute Gasteiger partial charge is 0.459 e. The maximum Gasteiger partial charge on any atom is 0.312 e. The Morgan fingerprint density at radius 2 is 1.59 bits per heavy atom. The third-order valence-corrected chi connectivity index (χ3v) is 5.28. The molecule has 3 amide bonds. The topological polar surface area (TPSA) is 88.6 Å². The van der Waals surface area contributed by atoms with Gasteiger partial charge in [-0.15, -0.1) is 0 Å². The first-order chi connectivity index (χ1) is 15.6. The number of carbonyl (C=O) groups excluding carboxylic acids is 2. The number of primary amides is 1. The van der Waals surface area contributed by atoms with E-state index in [-0.39, 0.29) is 18.9 Å². The van der Waals surface area contributed by atoms with Crippen LogP contribution in [0.25, 0.3) is 22.1 Å². The van der Waals surface area contributed by atoms with E-state index in [0.717, 1.165) is 27.7 Å². The number of carbonyl (C=O) groups is 2. The Kier molecular flexibility index (Phi) is 6.51. The Morgan fingerprint density at radius 1 is 0.875 bits per heavy atom. The first-order valence-electron chi connectivity index (χ1n) is 10.5. The number of benzene rings is 3. The van der Waals surface area contributed by atoms with Crippen molar-refractivity contribution >= 4 is 22.9 Å². The van der Waals surface area contributed by atoms with Gasteiger partial charge in [-0.1, -0.05) is 72.8 Å². The quantitative estimate of drug-likeness (QED) is 0.428. The highest BCUT2D eigenvalue weighted by Crippen LogP contribution is 2.26. The molecule has 0 saturated carbocycles. The Balaban J connectivity index is 1.60. The lowest BCUT2D eigenvalue weighted by Gasteiger charge is -2.23. The molecule has 0 radical (unpaired) electrons. The third-order valence-electron chi connectivity index (χ3n) is 5.28. The van der Waals surface area contributed by atoms with E-state index in [2.05, 4.69) is 23.5 Å². The fraction of sp³-hybridized carbons (Fsp3) is 0.154. The predicted molar refractivity (Wildman–Crippen MR) is 125 cm³/mol. The molecule has 0 fully saturated rings. The van der Waals surface area contributed by atoms with Crippen LogP contribution in [0.15, 0.2) is 89.3 Å². The van der Waals surface area contributed by atoms with Crippen LogP contribution in [0, 0.1) is 0 Å².